The van der Waals surface area contributed by atoms with Crippen LogP contribution in [0.15, 0.2) is 54.6 Å². The number of likely N-dealkylation sites (tertiary alicyclic amines) is 1. The van der Waals surface area contributed by atoms with Gasteiger partial charge in [-0.2, -0.15) is 0 Å². The Bertz CT molecular complexity index is 756. The van der Waals surface area contributed by atoms with Crippen LogP contribution < -0.4 is 0 Å². The molecule has 2 aromatic carbocycles. The summed E-state index contributed by atoms with van der Waals surface area (Å²) in [7, 11) is 0. The van der Waals surface area contributed by atoms with E-state index < -0.39 is 6.09 Å². The fraction of sp³-hybridized carbons (Fsp3) is 0.300. The summed E-state index contributed by atoms with van der Waals surface area (Å²) in [5, 5.41) is 0. The van der Waals surface area contributed by atoms with Gasteiger partial charge in [0.2, 0.25) is 6.04 Å². The topological polar surface area (TPSA) is 33.9 Å². The van der Waals surface area contributed by atoms with Crippen molar-refractivity contribution in [3.05, 3.63) is 83.0 Å². The van der Waals surface area contributed by atoms with Crippen molar-refractivity contribution in [3.63, 3.8) is 0 Å². The van der Waals surface area contributed by atoms with Gasteiger partial charge in [-0.15, -0.1) is 0 Å². The summed E-state index contributed by atoms with van der Waals surface area (Å²) in [6.07, 6.45) is 0.763. The van der Waals surface area contributed by atoms with Gasteiger partial charge in [0.15, 0.2) is 0 Å². The molecule has 4 nitrogen and oxygen atoms in total. The van der Waals surface area contributed by atoms with Crippen molar-refractivity contribution in [2.45, 2.75) is 31.5 Å². The third kappa shape index (κ3) is 4.16. The van der Waals surface area contributed by atoms with Crippen LogP contribution in [-0.2, 0) is 11.3 Å². The lowest BCUT2D eigenvalue weighted by atomic mass is 9.92. The van der Waals surface area contributed by atoms with E-state index in [9.17, 15) is 9.18 Å². The van der Waals surface area contributed by atoms with Crippen LogP contribution in [0.25, 0.3) is 4.85 Å². The molecule has 0 N–H and O–H groups in total. The van der Waals surface area contributed by atoms with Crippen molar-refractivity contribution < 1.29 is 13.9 Å². The molecule has 128 valence electrons. The van der Waals surface area contributed by atoms with E-state index in [0.29, 0.717) is 19.4 Å². The number of ether oxygens (including phenoxy) is 1. The summed E-state index contributed by atoms with van der Waals surface area (Å²) in [4.78, 5) is 17.8. The molecule has 0 saturated carbocycles. The molecule has 5 heteroatoms. The predicted molar refractivity (Wildman–Crippen MR) is 92.1 cm³/mol. The molecule has 0 bridgehead atoms. The zero-order valence-corrected chi connectivity index (χ0v) is 13.8. The summed E-state index contributed by atoms with van der Waals surface area (Å²) in [6.45, 7) is 7.95. The van der Waals surface area contributed by atoms with Crippen LogP contribution in [0.1, 0.15) is 30.0 Å². The molecule has 1 aliphatic rings. The summed E-state index contributed by atoms with van der Waals surface area (Å²) >= 11 is 0. The van der Waals surface area contributed by atoms with Crippen molar-refractivity contribution in [2.24, 2.45) is 0 Å². The van der Waals surface area contributed by atoms with Gasteiger partial charge in [-0.3, -0.25) is 0 Å². The van der Waals surface area contributed by atoms with E-state index >= 15 is 0 Å². The van der Waals surface area contributed by atoms with Crippen molar-refractivity contribution in [1.29, 1.82) is 0 Å². The molecule has 1 fully saturated rings. The number of nitrogens with zero attached hydrogens (tertiary/aromatic N) is 2. The van der Waals surface area contributed by atoms with Crippen LogP contribution in [0.3, 0.4) is 0 Å². The number of hydrogen-bond donors (Lipinski definition) is 0. The maximum absolute atomic E-state index is 13.2. The Hall–Kier alpha value is -2.87. The molecule has 25 heavy (non-hydrogen) atoms. The number of piperidine rings is 1. The first-order valence-corrected chi connectivity index (χ1v) is 8.26. The summed E-state index contributed by atoms with van der Waals surface area (Å²) in [5.74, 6) is -0.320. The minimum atomic E-state index is -0.401. The molecule has 1 heterocycles. The first kappa shape index (κ1) is 17.0. The highest BCUT2D eigenvalue weighted by Gasteiger charge is 2.36. The lowest BCUT2D eigenvalue weighted by molar-refractivity contribution is 0.0668. The molecule has 3 rings (SSSR count). The zero-order chi connectivity index (χ0) is 17.6. The maximum atomic E-state index is 13.2. The SMILES string of the molecule is [C-]#[N+][C@H]1CCN(C(=O)OCc2ccccc2)[C@@H](c2ccc(F)cc2)C1. The molecule has 0 spiro atoms. The van der Waals surface area contributed by atoms with Gasteiger partial charge in [0, 0.05) is 19.4 Å². The largest absolute Gasteiger partial charge is 0.445 e. The Kier molecular flexibility index (Phi) is 5.30. The third-order valence-electron chi connectivity index (χ3n) is 4.45. The van der Waals surface area contributed by atoms with Gasteiger partial charge in [0.1, 0.15) is 12.4 Å². The molecular weight excluding hydrogens is 319 g/mol. The average Bonchev–Trinajstić information content (AvgIpc) is 2.67. The van der Waals surface area contributed by atoms with E-state index in [1.807, 2.05) is 30.3 Å². The van der Waals surface area contributed by atoms with Crippen LogP contribution in [0.2, 0.25) is 0 Å². The van der Waals surface area contributed by atoms with E-state index in [1.54, 1.807) is 17.0 Å². The molecular formula is C20H19FN2O2. The second-order valence-corrected chi connectivity index (χ2v) is 6.11. The lowest BCUT2D eigenvalue weighted by Crippen LogP contribution is -2.42. The second kappa shape index (κ2) is 7.80. The summed E-state index contributed by atoms with van der Waals surface area (Å²) in [5.41, 5.74) is 1.75. The maximum Gasteiger partial charge on any atom is 0.410 e. The number of amides is 1. The van der Waals surface area contributed by atoms with E-state index in [2.05, 4.69) is 4.85 Å². The summed E-state index contributed by atoms with van der Waals surface area (Å²) < 4.78 is 18.7. The van der Waals surface area contributed by atoms with Crippen molar-refractivity contribution in [1.82, 2.24) is 4.90 Å². The van der Waals surface area contributed by atoms with Crippen molar-refractivity contribution in [3.8, 4) is 0 Å². The fourth-order valence-electron chi connectivity index (χ4n) is 3.09. The molecule has 1 saturated heterocycles. The smallest absolute Gasteiger partial charge is 0.410 e. The van der Waals surface area contributed by atoms with E-state index in [-0.39, 0.29) is 24.5 Å². The highest BCUT2D eigenvalue weighted by atomic mass is 19.1. The first-order valence-electron chi connectivity index (χ1n) is 8.26. The van der Waals surface area contributed by atoms with Crippen LogP contribution in [0.4, 0.5) is 9.18 Å². The normalized spacial score (nSPS) is 19.9. The molecule has 0 aromatic heterocycles. The Morgan fingerprint density at radius 2 is 1.92 bits per heavy atom. The Balaban J connectivity index is 1.73. The number of halogens is 1. The lowest BCUT2D eigenvalue weighted by Gasteiger charge is -2.35. The first-order chi connectivity index (χ1) is 12.2. The van der Waals surface area contributed by atoms with Crippen molar-refractivity contribution >= 4 is 6.09 Å². The van der Waals surface area contributed by atoms with Gasteiger partial charge >= 0.3 is 6.09 Å². The van der Waals surface area contributed by atoms with Gasteiger partial charge in [-0.1, -0.05) is 42.5 Å². The van der Waals surface area contributed by atoms with Gasteiger partial charge in [-0.05, 0) is 23.3 Å². The summed E-state index contributed by atoms with van der Waals surface area (Å²) in [6, 6.07) is 15.2. The standard InChI is InChI=1S/C20H19FN2O2/c1-22-18-11-12-23(19(13-18)16-7-9-17(21)10-8-16)20(24)25-14-15-5-3-2-4-6-15/h2-10,18-19H,11-14H2/t18-,19+/m0/s1. The Labute approximate surface area is 146 Å². The van der Waals surface area contributed by atoms with E-state index in [1.165, 1.54) is 12.1 Å². The number of carbonyl (C=O) groups excluding carboxylic acids is 1. The van der Waals surface area contributed by atoms with Crippen LogP contribution >= 0.6 is 0 Å². The number of benzene rings is 2. The minimum Gasteiger partial charge on any atom is -0.445 e. The molecule has 2 atom stereocenters. The third-order valence-corrected chi connectivity index (χ3v) is 4.45. The quantitative estimate of drug-likeness (QED) is 0.767. The molecule has 0 radical (unpaired) electrons. The van der Waals surface area contributed by atoms with Crippen molar-refractivity contribution in [2.75, 3.05) is 6.54 Å². The fourth-order valence-corrected chi connectivity index (χ4v) is 3.09. The van der Waals surface area contributed by atoms with E-state index in [4.69, 9.17) is 11.3 Å². The van der Waals surface area contributed by atoms with Gasteiger partial charge in [0.05, 0.1) is 6.04 Å². The number of rotatable bonds is 3. The molecule has 1 aliphatic heterocycles. The van der Waals surface area contributed by atoms with Gasteiger partial charge in [0.25, 0.3) is 0 Å². The molecule has 1 amide bonds. The Morgan fingerprint density at radius 3 is 2.60 bits per heavy atom. The number of hydrogen-bond acceptors (Lipinski definition) is 2. The minimum absolute atomic E-state index is 0.131. The molecule has 0 aliphatic carbocycles. The van der Waals surface area contributed by atoms with Crippen LogP contribution in [0.5, 0.6) is 0 Å². The highest BCUT2D eigenvalue weighted by Crippen LogP contribution is 2.33. The zero-order valence-electron chi connectivity index (χ0n) is 13.8. The van der Waals surface area contributed by atoms with Crippen LogP contribution in [-0.4, -0.2) is 23.6 Å². The van der Waals surface area contributed by atoms with Crippen LogP contribution in [0, 0.1) is 12.4 Å². The predicted octanol–water partition coefficient (Wildman–Crippen LogP) is 4.59. The number of carbonyl (C=O) groups is 1. The highest BCUT2D eigenvalue weighted by molar-refractivity contribution is 5.68. The van der Waals surface area contributed by atoms with Gasteiger partial charge < -0.3 is 14.5 Å². The second-order valence-electron chi connectivity index (χ2n) is 6.11. The molecule has 0 unspecified atom stereocenters. The van der Waals surface area contributed by atoms with E-state index in [0.717, 1.165) is 11.1 Å². The monoisotopic (exact) mass is 338 g/mol. The van der Waals surface area contributed by atoms with Gasteiger partial charge in [-0.25, -0.2) is 15.8 Å². The molecule has 2 aromatic rings. The Morgan fingerprint density at radius 1 is 1.20 bits per heavy atom. The average molecular weight is 338 g/mol.